The van der Waals surface area contributed by atoms with Crippen LogP contribution in [0.5, 0.6) is 11.5 Å². The maximum Gasteiger partial charge on any atom is 0.145 e. The maximum atomic E-state index is 10.6. The Labute approximate surface area is 276 Å². The number of hydrogen-bond acceptors (Lipinski definition) is 5. The van der Waals surface area contributed by atoms with Crippen LogP contribution in [0, 0.1) is 22.7 Å². The summed E-state index contributed by atoms with van der Waals surface area (Å²) in [4.78, 5) is 0. The van der Waals surface area contributed by atoms with Gasteiger partial charge in [0.25, 0.3) is 0 Å². The van der Waals surface area contributed by atoms with Crippen LogP contribution < -0.4 is 9.47 Å². The normalized spacial score (nSPS) is 16.3. The van der Waals surface area contributed by atoms with Gasteiger partial charge >= 0.3 is 0 Å². The molecule has 0 amide bonds. The van der Waals surface area contributed by atoms with Crippen molar-refractivity contribution < 1.29 is 14.2 Å². The molecule has 0 aliphatic carbocycles. The largest absolute Gasteiger partial charge is 0.492 e. The van der Waals surface area contributed by atoms with Gasteiger partial charge in [-0.05, 0) is 45.5 Å². The first-order chi connectivity index (χ1) is 23.2. The zero-order chi connectivity index (χ0) is 32.3. The molecule has 2 unspecified atom stereocenters. The van der Waals surface area contributed by atoms with Crippen molar-refractivity contribution in [1.29, 1.82) is 10.5 Å². The second-order valence-electron chi connectivity index (χ2n) is 12.3. The number of benzene rings is 5. The van der Waals surface area contributed by atoms with Crippen LogP contribution in [0.25, 0.3) is 32.7 Å². The Bertz CT molecular complexity index is 1940. The lowest BCUT2D eigenvalue weighted by molar-refractivity contribution is 0.0931. The molecular weight excluding hydrogens is 580 g/mol. The van der Waals surface area contributed by atoms with Gasteiger partial charge in [-0.2, -0.15) is 10.5 Å². The van der Waals surface area contributed by atoms with Crippen LogP contribution in [0.2, 0.25) is 0 Å². The average Bonchev–Trinajstić information content (AvgIpc) is 3.69. The van der Waals surface area contributed by atoms with E-state index in [1.165, 1.54) is 0 Å². The van der Waals surface area contributed by atoms with E-state index in [4.69, 9.17) is 14.2 Å². The van der Waals surface area contributed by atoms with E-state index in [1.807, 2.05) is 0 Å². The number of rotatable bonds is 12. The molecule has 0 saturated carbocycles. The van der Waals surface area contributed by atoms with Crippen LogP contribution in [-0.2, 0) is 4.74 Å². The van der Waals surface area contributed by atoms with Gasteiger partial charge in [0.2, 0.25) is 0 Å². The van der Waals surface area contributed by atoms with Gasteiger partial charge in [-0.25, -0.2) is 0 Å². The number of unbranched alkanes of at least 4 members (excludes halogenated alkanes) is 4. The van der Waals surface area contributed by atoms with Gasteiger partial charge in [0, 0.05) is 22.3 Å². The van der Waals surface area contributed by atoms with Crippen molar-refractivity contribution >= 4 is 32.7 Å². The first kappa shape index (κ1) is 30.5. The molecule has 0 aromatic heterocycles. The Morgan fingerprint density at radius 3 is 1.43 bits per heavy atom. The third-order valence-corrected chi connectivity index (χ3v) is 9.47. The van der Waals surface area contributed by atoms with Gasteiger partial charge in [-0.3, -0.25) is 0 Å². The van der Waals surface area contributed by atoms with Gasteiger partial charge < -0.3 is 14.2 Å². The fourth-order valence-corrected chi connectivity index (χ4v) is 7.30. The summed E-state index contributed by atoms with van der Waals surface area (Å²) in [6.07, 6.45) is 4.84. The molecule has 5 aromatic rings. The number of hydrogen-bond donors (Lipinski definition) is 0. The topological polar surface area (TPSA) is 75.3 Å². The lowest BCUT2D eigenvalue weighted by Crippen LogP contribution is -2.14. The van der Waals surface area contributed by atoms with E-state index in [0.717, 1.165) is 93.5 Å². The Kier molecular flexibility index (Phi) is 8.66. The smallest absolute Gasteiger partial charge is 0.145 e. The second kappa shape index (κ2) is 13.3. The van der Waals surface area contributed by atoms with E-state index in [9.17, 15) is 10.5 Å². The van der Waals surface area contributed by atoms with Crippen LogP contribution in [0.15, 0.2) is 84.9 Å². The molecule has 2 heterocycles. The summed E-state index contributed by atoms with van der Waals surface area (Å²) in [5, 5.41) is 25.7. The third-order valence-electron chi connectivity index (χ3n) is 9.47. The molecule has 0 spiro atoms. The van der Waals surface area contributed by atoms with E-state index in [2.05, 4.69) is 111 Å². The summed E-state index contributed by atoms with van der Waals surface area (Å²) >= 11 is 0. The van der Waals surface area contributed by atoms with Crippen molar-refractivity contribution in [3.63, 3.8) is 0 Å². The quantitative estimate of drug-likeness (QED) is 0.130. The lowest BCUT2D eigenvalue weighted by atomic mass is 9.76. The molecular formula is C42H38N2O3. The third kappa shape index (κ3) is 5.22. The van der Waals surface area contributed by atoms with Crippen LogP contribution in [0.3, 0.4) is 0 Å². The highest BCUT2D eigenvalue weighted by Gasteiger charge is 2.51. The van der Waals surface area contributed by atoms with Gasteiger partial charge in [0.15, 0.2) is 0 Å². The summed E-state index contributed by atoms with van der Waals surface area (Å²) in [5.41, 5.74) is 6.42. The van der Waals surface area contributed by atoms with Gasteiger partial charge in [0.1, 0.15) is 47.0 Å². The molecule has 7 rings (SSSR count). The molecule has 5 nitrogen and oxygen atoms in total. The molecule has 2 atom stereocenters. The SMILES string of the molecule is CCCCCOc1c(C#N)c(C#N)c(OCCCCC)c2c1C1OC2C(c2cccc3ccccc23)=C1c1cccc2ccccc12. The minimum Gasteiger partial charge on any atom is -0.492 e. The molecule has 5 heteroatoms. The van der Waals surface area contributed by atoms with Crippen LogP contribution >= 0.6 is 0 Å². The summed E-state index contributed by atoms with van der Waals surface area (Å²) in [6.45, 7) is 5.22. The van der Waals surface area contributed by atoms with E-state index < -0.39 is 12.2 Å². The molecule has 0 N–H and O–H groups in total. The Morgan fingerprint density at radius 1 is 0.574 bits per heavy atom. The van der Waals surface area contributed by atoms with E-state index in [1.54, 1.807) is 0 Å². The monoisotopic (exact) mass is 618 g/mol. The molecule has 2 aliphatic heterocycles. The zero-order valence-corrected chi connectivity index (χ0v) is 27.0. The van der Waals surface area contributed by atoms with Crippen LogP contribution in [0.4, 0.5) is 0 Å². The highest BCUT2D eigenvalue weighted by atomic mass is 16.5. The number of nitrogens with zero attached hydrogens (tertiary/aromatic N) is 2. The van der Waals surface area contributed by atoms with Crippen molar-refractivity contribution in [2.45, 2.75) is 64.6 Å². The van der Waals surface area contributed by atoms with Crippen molar-refractivity contribution in [2.75, 3.05) is 13.2 Å². The molecule has 5 aromatic carbocycles. The second-order valence-corrected chi connectivity index (χ2v) is 12.3. The lowest BCUT2D eigenvalue weighted by Gasteiger charge is -2.27. The zero-order valence-electron chi connectivity index (χ0n) is 27.0. The molecule has 234 valence electrons. The Hall–Kier alpha value is -5.10. The van der Waals surface area contributed by atoms with E-state index in [0.29, 0.717) is 24.7 Å². The summed E-state index contributed by atoms with van der Waals surface area (Å²) < 4.78 is 20.1. The summed E-state index contributed by atoms with van der Waals surface area (Å²) in [7, 11) is 0. The Morgan fingerprint density at radius 2 is 1.00 bits per heavy atom. The minimum atomic E-state index is -0.506. The number of fused-ring (bicyclic) bond motifs is 7. The van der Waals surface area contributed by atoms with Crippen molar-refractivity contribution in [1.82, 2.24) is 0 Å². The number of nitriles is 2. The molecule has 0 fully saturated rings. The summed E-state index contributed by atoms with van der Waals surface area (Å²) in [6, 6.07) is 34.4. The van der Waals surface area contributed by atoms with Gasteiger partial charge in [-0.1, -0.05) is 124 Å². The fraction of sp³-hybridized carbons (Fsp3) is 0.286. The standard InChI is InChI=1S/C42H38N2O3/c1-3-5-11-23-45-39-33(25-43)34(26-44)40(46-24-12-6-4-2)38-37(39)41-35(31-21-13-17-27-15-7-9-19-29(27)31)36(42(38)47-41)32-22-14-18-28-16-8-10-20-30(28)32/h7-10,13-22,41-42H,3-6,11-12,23-24H2,1-2H3. The minimum absolute atomic E-state index is 0.230. The van der Waals surface area contributed by atoms with Gasteiger partial charge in [-0.15, -0.1) is 0 Å². The Balaban J connectivity index is 1.53. The van der Waals surface area contributed by atoms with E-state index in [-0.39, 0.29) is 11.1 Å². The first-order valence-corrected chi connectivity index (χ1v) is 16.9. The molecule has 2 aliphatic rings. The predicted octanol–water partition coefficient (Wildman–Crippen LogP) is 10.6. The van der Waals surface area contributed by atoms with Crippen molar-refractivity contribution in [2.24, 2.45) is 0 Å². The molecule has 2 bridgehead atoms. The van der Waals surface area contributed by atoms with Crippen LogP contribution in [-0.4, -0.2) is 13.2 Å². The fourth-order valence-electron chi connectivity index (χ4n) is 7.30. The highest BCUT2D eigenvalue weighted by molar-refractivity contribution is 6.10. The van der Waals surface area contributed by atoms with Crippen LogP contribution in [0.1, 0.15) is 98.0 Å². The predicted molar refractivity (Wildman–Crippen MR) is 187 cm³/mol. The average molecular weight is 619 g/mol. The van der Waals surface area contributed by atoms with Crippen molar-refractivity contribution in [3.8, 4) is 23.6 Å². The molecule has 0 radical (unpaired) electrons. The highest BCUT2D eigenvalue weighted by Crippen LogP contribution is 2.66. The number of ether oxygens (including phenoxy) is 3. The molecule has 0 saturated heterocycles. The summed E-state index contributed by atoms with van der Waals surface area (Å²) in [5.74, 6) is 0.913. The maximum absolute atomic E-state index is 10.6. The molecule has 47 heavy (non-hydrogen) atoms. The van der Waals surface area contributed by atoms with E-state index >= 15 is 0 Å². The van der Waals surface area contributed by atoms with Crippen molar-refractivity contribution in [3.05, 3.63) is 118 Å². The van der Waals surface area contributed by atoms with Gasteiger partial charge in [0.05, 0.1) is 13.2 Å². The first-order valence-electron chi connectivity index (χ1n) is 16.9.